The third-order valence-corrected chi connectivity index (χ3v) is 12.6. The van der Waals surface area contributed by atoms with E-state index in [0.29, 0.717) is 0 Å². The highest BCUT2D eigenvalue weighted by Crippen LogP contribution is 2.67. The SMILES string of the molecule is c1ccc(N(c2ccc3c(c2)C2(c4ccccc4-3)c3ccccc3-c3cc4ccccc4c(N(c4ccccc4)c4ccccc4)c32)c2ccc3ccccc3c2)cc1. The maximum atomic E-state index is 2.50. The second kappa shape index (κ2) is 13.2. The highest BCUT2D eigenvalue weighted by atomic mass is 15.2. The van der Waals surface area contributed by atoms with Gasteiger partial charge in [0.15, 0.2) is 0 Å². The average molecular weight is 751 g/mol. The largest absolute Gasteiger partial charge is 0.310 e. The van der Waals surface area contributed by atoms with Crippen molar-refractivity contribution in [2.24, 2.45) is 0 Å². The summed E-state index contributed by atoms with van der Waals surface area (Å²) >= 11 is 0. The standard InChI is InChI=1S/C57H38N2/c1-4-21-42(22-5-1)58(45-33-32-39-18-10-11-19-40(39)36-45)46-34-35-50-48-28-14-16-30-52(48)57(54(50)38-46)53-31-17-15-29-49(53)51-37-41-20-12-13-27-47(41)56(55(51)57)59(43-23-6-2-7-24-43)44-25-8-3-9-26-44/h1-38H. The van der Waals surface area contributed by atoms with Crippen molar-refractivity contribution < 1.29 is 0 Å². The molecule has 1 atom stereocenters. The number of fused-ring (bicyclic) bond motifs is 12. The fraction of sp³-hybridized carbons (Fsp3) is 0.0175. The summed E-state index contributed by atoms with van der Waals surface area (Å²) in [6.07, 6.45) is 0. The third kappa shape index (κ3) is 4.93. The van der Waals surface area contributed by atoms with Gasteiger partial charge in [0.2, 0.25) is 0 Å². The number of rotatable bonds is 6. The summed E-state index contributed by atoms with van der Waals surface area (Å²) in [5, 5.41) is 4.88. The van der Waals surface area contributed by atoms with Crippen molar-refractivity contribution in [3.8, 4) is 22.3 Å². The van der Waals surface area contributed by atoms with Crippen LogP contribution in [0.5, 0.6) is 0 Å². The van der Waals surface area contributed by atoms with Crippen molar-refractivity contribution in [2.75, 3.05) is 9.80 Å². The van der Waals surface area contributed by atoms with Crippen molar-refractivity contribution in [2.45, 2.75) is 5.41 Å². The first-order valence-electron chi connectivity index (χ1n) is 20.4. The molecule has 0 amide bonds. The Morgan fingerprint density at radius 3 is 1.41 bits per heavy atom. The smallest absolute Gasteiger partial charge is 0.0747 e. The van der Waals surface area contributed by atoms with Crippen LogP contribution in [0.3, 0.4) is 0 Å². The normalized spacial score (nSPS) is 14.5. The van der Waals surface area contributed by atoms with Gasteiger partial charge in [0.25, 0.3) is 0 Å². The molecule has 1 spiro atoms. The molecule has 2 aliphatic carbocycles. The minimum absolute atomic E-state index is 0.624. The molecule has 0 aromatic heterocycles. The molecule has 10 aromatic rings. The van der Waals surface area contributed by atoms with Gasteiger partial charge in [-0.05, 0) is 122 Å². The molecule has 276 valence electrons. The van der Waals surface area contributed by atoms with Gasteiger partial charge in [-0.3, -0.25) is 0 Å². The van der Waals surface area contributed by atoms with Gasteiger partial charge in [-0.1, -0.05) is 164 Å². The van der Waals surface area contributed by atoms with Gasteiger partial charge in [0.1, 0.15) is 0 Å². The van der Waals surface area contributed by atoms with E-state index in [4.69, 9.17) is 0 Å². The summed E-state index contributed by atoms with van der Waals surface area (Å²) in [4.78, 5) is 4.93. The summed E-state index contributed by atoms with van der Waals surface area (Å²) < 4.78 is 0. The fourth-order valence-corrected chi connectivity index (χ4v) is 10.2. The monoisotopic (exact) mass is 750 g/mol. The molecular formula is C57H38N2. The van der Waals surface area contributed by atoms with Crippen LogP contribution in [0.4, 0.5) is 34.1 Å². The second-order valence-corrected chi connectivity index (χ2v) is 15.6. The molecule has 10 aromatic carbocycles. The van der Waals surface area contributed by atoms with E-state index in [9.17, 15) is 0 Å². The van der Waals surface area contributed by atoms with Crippen LogP contribution in [0, 0.1) is 0 Å². The van der Waals surface area contributed by atoms with E-state index in [2.05, 4.69) is 240 Å². The lowest BCUT2D eigenvalue weighted by atomic mass is 9.69. The summed E-state index contributed by atoms with van der Waals surface area (Å²) in [6.45, 7) is 0. The molecule has 0 saturated carbocycles. The maximum absolute atomic E-state index is 2.50. The number of hydrogen-bond donors (Lipinski definition) is 0. The predicted molar refractivity (Wildman–Crippen MR) is 247 cm³/mol. The zero-order valence-electron chi connectivity index (χ0n) is 32.3. The molecule has 59 heavy (non-hydrogen) atoms. The lowest BCUT2D eigenvalue weighted by Gasteiger charge is -2.37. The third-order valence-electron chi connectivity index (χ3n) is 12.6. The number of para-hydroxylation sites is 3. The molecule has 0 fully saturated rings. The quantitative estimate of drug-likeness (QED) is 0.167. The molecule has 0 aliphatic heterocycles. The Morgan fingerprint density at radius 2 is 0.746 bits per heavy atom. The van der Waals surface area contributed by atoms with Crippen LogP contribution in [-0.2, 0) is 5.41 Å². The molecule has 0 saturated heterocycles. The van der Waals surface area contributed by atoms with E-state index in [0.717, 1.165) is 28.4 Å². The van der Waals surface area contributed by atoms with Gasteiger partial charge in [-0.15, -0.1) is 0 Å². The van der Waals surface area contributed by atoms with Crippen molar-refractivity contribution >= 4 is 55.7 Å². The van der Waals surface area contributed by atoms with Crippen LogP contribution in [0.25, 0.3) is 43.8 Å². The molecule has 2 nitrogen and oxygen atoms in total. The van der Waals surface area contributed by atoms with Crippen LogP contribution in [-0.4, -0.2) is 0 Å². The molecule has 0 heterocycles. The van der Waals surface area contributed by atoms with Gasteiger partial charge < -0.3 is 9.80 Å². The molecule has 0 radical (unpaired) electrons. The Bertz CT molecular complexity index is 3190. The molecule has 12 rings (SSSR count). The van der Waals surface area contributed by atoms with Gasteiger partial charge in [0, 0.05) is 39.4 Å². The van der Waals surface area contributed by atoms with Crippen LogP contribution in [0.2, 0.25) is 0 Å². The first kappa shape index (κ1) is 33.5. The van der Waals surface area contributed by atoms with Gasteiger partial charge in [-0.25, -0.2) is 0 Å². The van der Waals surface area contributed by atoms with E-state index in [1.807, 2.05) is 0 Å². The molecule has 2 aliphatic rings. The van der Waals surface area contributed by atoms with E-state index >= 15 is 0 Å². The van der Waals surface area contributed by atoms with Gasteiger partial charge in [-0.2, -0.15) is 0 Å². The van der Waals surface area contributed by atoms with E-state index in [1.54, 1.807) is 0 Å². The van der Waals surface area contributed by atoms with Crippen LogP contribution >= 0.6 is 0 Å². The minimum Gasteiger partial charge on any atom is -0.310 e. The van der Waals surface area contributed by atoms with Crippen molar-refractivity contribution in [3.63, 3.8) is 0 Å². The highest BCUT2D eigenvalue weighted by Gasteiger charge is 2.54. The maximum Gasteiger partial charge on any atom is 0.0747 e. The Hall–Kier alpha value is -7.68. The Labute approximate surface area is 344 Å². The lowest BCUT2D eigenvalue weighted by molar-refractivity contribution is 0.794. The lowest BCUT2D eigenvalue weighted by Crippen LogP contribution is -2.28. The van der Waals surface area contributed by atoms with E-state index in [-0.39, 0.29) is 0 Å². The Morgan fingerprint density at radius 1 is 0.271 bits per heavy atom. The topological polar surface area (TPSA) is 6.48 Å². The predicted octanol–water partition coefficient (Wildman–Crippen LogP) is 15.3. The van der Waals surface area contributed by atoms with E-state index in [1.165, 1.54) is 71.7 Å². The van der Waals surface area contributed by atoms with Crippen molar-refractivity contribution in [1.29, 1.82) is 0 Å². The molecule has 0 N–H and O–H groups in total. The zero-order chi connectivity index (χ0) is 38.9. The summed E-state index contributed by atoms with van der Waals surface area (Å²) in [6, 6.07) is 84.9. The van der Waals surface area contributed by atoms with Crippen molar-refractivity contribution in [1.82, 2.24) is 0 Å². The first-order chi connectivity index (χ1) is 29.3. The Kier molecular flexibility index (Phi) is 7.48. The number of benzene rings is 10. The van der Waals surface area contributed by atoms with Crippen LogP contribution in [0.1, 0.15) is 22.3 Å². The fourth-order valence-electron chi connectivity index (χ4n) is 10.2. The molecule has 2 heteroatoms. The van der Waals surface area contributed by atoms with Crippen LogP contribution in [0.15, 0.2) is 231 Å². The molecular weight excluding hydrogens is 713 g/mol. The second-order valence-electron chi connectivity index (χ2n) is 15.6. The van der Waals surface area contributed by atoms with Crippen LogP contribution < -0.4 is 9.80 Å². The van der Waals surface area contributed by atoms with Gasteiger partial charge in [0.05, 0.1) is 11.1 Å². The summed E-state index contributed by atoms with van der Waals surface area (Å²) in [7, 11) is 0. The zero-order valence-corrected chi connectivity index (χ0v) is 32.3. The summed E-state index contributed by atoms with van der Waals surface area (Å²) in [5.74, 6) is 0. The van der Waals surface area contributed by atoms with Gasteiger partial charge >= 0.3 is 0 Å². The first-order valence-corrected chi connectivity index (χ1v) is 20.4. The number of anilines is 6. The molecule has 0 bridgehead atoms. The minimum atomic E-state index is -0.624. The highest BCUT2D eigenvalue weighted by molar-refractivity contribution is 6.10. The number of hydrogen-bond acceptors (Lipinski definition) is 2. The summed E-state index contributed by atoms with van der Waals surface area (Å²) in [5.41, 5.74) is 16.5. The molecule has 1 unspecified atom stereocenters. The van der Waals surface area contributed by atoms with E-state index < -0.39 is 5.41 Å². The van der Waals surface area contributed by atoms with Crippen molar-refractivity contribution in [3.05, 3.63) is 253 Å². The number of nitrogens with zero attached hydrogens (tertiary/aromatic N) is 2. The Balaban J connectivity index is 1.22. The average Bonchev–Trinajstić information content (AvgIpc) is 3.77.